The maximum absolute atomic E-state index is 12.1. The van der Waals surface area contributed by atoms with Crippen LogP contribution in [0.5, 0.6) is 5.75 Å². The van der Waals surface area contributed by atoms with Crippen molar-refractivity contribution < 1.29 is 23.8 Å². The van der Waals surface area contributed by atoms with Gasteiger partial charge in [0.1, 0.15) is 11.4 Å². The monoisotopic (exact) mass is 439 g/mol. The molecule has 172 valence electrons. The lowest BCUT2D eigenvalue weighted by Gasteiger charge is -2.20. The predicted octanol–water partition coefficient (Wildman–Crippen LogP) is 5.74. The third kappa shape index (κ3) is 7.45. The van der Waals surface area contributed by atoms with E-state index < -0.39 is 11.7 Å². The van der Waals surface area contributed by atoms with Crippen molar-refractivity contribution >= 4 is 18.1 Å². The molecule has 0 aromatic heterocycles. The molecule has 2 aromatic carbocycles. The van der Waals surface area contributed by atoms with Crippen molar-refractivity contribution in [3.63, 3.8) is 0 Å². The molecular weight excluding hydrogens is 406 g/mol. The average molecular weight is 440 g/mol. The molecule has 0 aliphatic rings. The molecule has 6 nitrogen and oxygen atoms in total. The number of esters is 1. The highest BCUT2D eigenvalue weighted by Crippen LogP contribution is 2.28. The molecule has 0 aliphatic heterocycles. The summed E-state index contributed by atoms with van der Waals surface area (Å²) in [5, 5.41) is 2.78. The van der Waals surface area contributed by atoms with Crippen LogP contribution in [0, 0.1) is 0 Å². The topological polar surface area (TPSA) is 73.9 Å². The first-order valence-electron chi connectivity index (χ1n) is 10.8. The van der Waals surface area contributed by atoms with Crippen molar-refractivity contribution in [2.75, 3.05) is 13.7 Å². The number of hydrogen-bond acceptors (Lipinski definition) is 5. The molecule has 0 saturated heterocycles. The lowest BCUT2D eigenvalue weighted by Crippen LogP contribution is -2.32. The Morgan fingerprint density at radius 2 is 1.75 bits per heavy atom. The van der Waals surface area contributed by atoms with E-state index in [1.165, 1.54) is 0 Å². The number of carbonyl (C=O) groups excluding carboxylic acids is 2. The van der Waals surface area contributed by atoms with E-state index in [9.17, 15) is 9.59 Å². The highest BCUT2D eigenvalue weighted by Gasteiger charge is 2.16. The minimum Gasteiger partial charge on any atom is -0.496 e. The van der Waals surface area contributed by atoms with Crippen LogP contribution in [0.1, 0.15) is 52.2 Å². The van der Waals surface area contributed by atoms with Crippen molar-refractivity contribution in [3.05, 3.63) is 59.2 Å². The molecule has 0 unspecified atom stereocenters. The third-order valence-corrected chi connectivity index (χ3v) is 4.58. The minimum absolute atomic E-state index is 0.272. The van der Waals surface area contributed by atoms with Crippen LogP contribution in [0.2, 0.25) is 0 Å². The Morgan fingerprint density at radius 3 is 2.38 bits per heavy atom. The number of benzene rings is 2. The molecule has 0 spiro atoms. The zero-order chi connectivity index (χ0) is 23.7. The summed E-state index contributed by atoms with van der Waals surface area (Å²) >= 11 is 0. The van der Waals surface area contributed by atoms with E-state index in [0.29, 0.717) is 24.4 Å². The fraction of sp³-hybridized carbons (Fsp3) is 0.385. The summed E-state index contributed by atoms with van der Waals surface area (Å²) in [7, 11) is 1.60. The number of rotatable bonds is 8. The van der Waals surface area contributed by atoms with Crippen molar-refractivity contribution in [3.8, 4) is 16.9 Å². The lowest BCUT2D eigenvalue weighted by molar-refractivity contribution is -0.138. The van der Waals surface area contributed by atoms with Crippen LogP contribution in [-0.2, 0) is 20.8 Å². The summed E-state index contributed by atoms with van der Waals surface area (Å²) in [5.74, 6) is 0.386. The van der Waals surface area contributed by atoms with Crippen LogP contribution in [0.3, 0.4) is 0 Å². The van der Waals surface area contributed by atoms with Crippen LogP contribution >= 0.6 is 0 Å². The summed E-state index contributed by atoms with van der Waals surface area (Å²) in [4.78, 5) is 24.2. The van der Waals surface area contributed by atoms with Crippen molar-refractivity contribution in [1.82, 2.24) is 5.32 Å². The Bertz CT molecular complexity index is 972. The third-order valence-electron chi connectivity index (χ3n) is 4.58. The summed E-state index contributed by atoms with van der Waals surface area (Å²) in [6.45, 7) is 9.81. The van der Waals surface area contributed by atoms with E-state index >= 15 is 0 Å². The number of carbonyl (C=O) groups is 2. The Hall–Kier alpha value is -3.28. The smallest absolute Gasteiger partial charge is 0.407 e. The van der Waals surface area contributed by atoms with Crippen LogP contribution in [-0.4, -0.2) is 31.4 Å². The average Bonchev–Trinajstić information content (AvgIpc) is 2.75. The predicted molar refractivity (Wildman–Crippen MR) is 126 cm³/mol. The minimum atomic E-state index is -0.565. The fourth-order valence-electron chi connectivity index (χ4n) is 3.12. The summed E-state index contributed by atoms with van der Waals surface area (Å²) in [6.07, 6.45) is 1.96. The zero-order valence-corrected chi connectivity index (χ0v) is 19.8. The summed E-state index contributed by atoms with van der Waals surface area (Å²) in [5.41, 5.74) is 3.76. The number of ether oxygens (including phenoxy) is 3. The molecule has 0 atom stereocenters. The van der Waals surface area contributed by atoms with Gasteiger partial charge in [0, 0.05) is 17.7 Å². The van der Waals surface area contributed by atoms with Gasteiger partial charge in [-0.15, -0.1) is 0 Å². The molecule has 2 aromatic rings. The molecule has 0 aliphatic carbocycles. The van der Waals surface area contributed by atoms with Gasteiger partial charge in [0.15, 0.2) is 0 Å². The molecule has 1 amide bonds. The highest BCUT2D eigenvalue weighted by atomic mass is 16.6. The lowest BCUT2D eigenvalue weighted by atomic mass is 9.99. The van der Waals surface area contributed by atoms with Gasteiger partial charge in [-0.3, -0.25) is 0 Å². The van der Waals surface area contributed by atoms with Gasteiger partial charge in [-0.2, -0.15) is 0 Å². The summed E-state index contributed by atoms with van der Waals surface area (Å²) in [6, 6.07) is 13.7. The Kier molecular flexibility index (Phi) is 8.88. The van der Waals surface area contributed by atoms with Gasteiger partial charge >= 0.3 is 12.1 Å². The van der Waals surface area contributed by atoms with E-state index in [1.807, 2.05) is 76.2 Å². The normalized spacial score (nSPS) is 11.6. The van der Waals surface area contributed by atoms with Gasteiger partial charge in [0.25, 0.3) is 0 Å². The second-order valence-electron chi connectivity index (χ2n) is 8.25. The molecule has 0 saturated carbocycles. The first kappa shape index (κ1) is 25.0. The number of methoxy groups -OCH3 is 1. The molecule has 0 bridgehead atoms. The van der Waals surface area contributed by atoms with Crippen molar-refractivity contribution in [1.29, 1.82) is 0 Å². The number of amides is 1. The van der Waals surface area contributed by atoms with Gasteiger partial charge in [0.2, 0.25) is 0 Å². The zero-order valence-electron chi connectivity index (χ0n) is 19.8. The first-order chi connectivity index (χ1) is 15.2. The second-order valence-corrected chi connectivity index (χ2v) is 8.25. The molecule has 2 rings (SSSR count). The van der Waals surface area contributed by atoms with Crippen LogP contribution < -0.4 is 10.1 Å². The number of hydrogen-bond donors (Lipinski definition) is 1. The van der Waals surface area contributed by atoms with Crippen molar-refractivity contribution in [2.24, 2.45) is 0 Å². The van der Waals surface area contributed by atoms with Crippen LogP contribution in [0.25, 0.3) is 17.2 Å². The molecule has 0 fully saturated rings. The largest absolute Gasteiger partial charge is 0.496 e. The van der Waals surface area contributed by atoms with E-state index in [2.05, 4.69) is 5.32 Å². The van der Waals surface area contributed by atoms with Gasteiger partial charge in [-0.05, 0) is 75.1 Å². The van der Waals surface area contributed by atoms with Gasteiger partial charge in [0.05, 0.1) is 13.7 Å². The SMILES string of the molecule is CCOC(=O)C(=Cc1cccc(-c2ccc(OC)c(CNC(=O)OC(C)(C)C)c2)c1)CC. The van der Waals surface area contributed by atoms with Gasteiger partial charge in [-0.1, -0.05) is 31.2 Å². The fourth-order valence-corrected chi connectivity index (χ4v) is 3.12. The van der Waals surface area contributed by atoms with E-state index in [0.717, 1.165) is 22.3 Å². The number of nitrogens with one attached hydrogen (secondary N) is 1. The molecule has 32 heavy (non-hydrogen) atoms. The van der Waals surface area contributed by atoms with Gasteiger partial charge < -0.3 is 19.5 Å². The number of alkyl carbamates (subject to hydrolysis) is 1. The van der Waals surface area contributed by atoms with Crippen molar-refractivity contribution in [2.45, 2.75) is 53.2 Å². The molecule has 1 N–H and O–H groups in total. The first-order valence-corrected chi connectivity index (χ1v) is 10.8. The second kappa shape index (κ2) is 11.4. The Balaban J connectivity index is 2.28. The molecule has 0 heterocycles. The maximum atomic E-state index is 12.1. The Labute approximate surface area is 190 Å². The summed E-state index contributed by atoms with van der Waals surface area (Å²) < 4.78 is 15.9. The molecule has 0 radical (unpaired) electrons. The maximum Gasteiger partial charge on any atom is 0.407 e. The van der Waals surface area contributed by atoms with Crippen LogP contribution in [0.4, 0.5) is 4.79 Å². The van der Waals surface area contributed by atoms with E-state index in [1.54, 1.807) is 14.0 Å². The quantitative estimate of drug-likeness (QED) is 0.419. The molecule has 6 heteroatoms. The molecular formula is C26H33NO5. The van der Waals surface area contributed by atoms with E-state index in [-0.39, 0.29) is 12.5 Å². The van der Waals surface area contributed by atoms with E-state index in [4.69, 9.17) is 14.2 Å². The van der Waals surface area contributed by atoms with Crippen LogP contribution in [0.15, 0.2) is 48.0 Å². The Morgan fingerprint density at radius 1 is 1.03 bits per heavy atom. The highest BCUT2D eigenvalue weighted by molar-refractivity contribution is 5.93. The standard InChI is InChI=1S/C26H33NO5/c1-7-19(24(28)31-8-2)14-18-10-9-11-20(15-18)21-12-13-23(30-6)22(16-21)17-27-25(29)32-26(3,4)5/h9-16H,7-8,17H2,1-6H3,(H,27,29). The van der Waals surface area contributed by atoms with Gasteiger partial charge in [-0.25, -0.2) is 9.59 Å².